The van der Waals surface area contributed by atoms with Gasteiger partial charge >= 0.3 is 0 Å². The van der Waals surface area contributed by atoms with Crippen LogP contribution in [0.1, 0.15) is 30.4 Å². The van der Waals surface area contributed by atoms with Crippen LogP contribution in [0.3, 0.4) is 0 Å². The number of sulfone groups is 1. The van der Waals surface area contributed by atoms with Crippen LogP contribution in [0.4, 0.5) is 0 Å². The summed E-state index contributed by atoms with van der Waals surface area (Å²) >= 11 is 6.30. The molecule has 0 spiro atoms. The third-order valence-corrected chi connectivity index (χ3v) is 5.24. The minimum Gasteiger partial charge on any atom is -0.494 e. The zero-order chi connectivity index (χ0) is 13.9. The van der Waals surface area contributed by atoms with Crippen molar-refractivity contribution in [3.8, 4) is 5.75 Å². The van der Waals surface area contributed by atoms with Gasteiger partial charge in [-0.15, -0.1) is 11.6 Å². The van der Waals surface area contributed by atoms with Crippen molar-refractivity contribution in [2.24, 2.45) is 0 Å². The Bertz CT molecular complexity index is 511. The lowest BCUT2D eigenvalue weighted by atomic mass is 10.1. The van der Waals surface area contributed by atoms with Crippen LogP contribution >= 0.6 is 11.6 Å². The van der Waals surface area contributed by atoms with Gasteiger partial charge in [-0.1, -0.05) is 17.7 Å². The van der Waals surface area contributed by atoms with E-state index in [9.17, 15) is 8.42 Å². The second-order valence-corrected chi connectivity index (χ2v) is 7.28. The molecule has 0 saturated carbocycles. The molecule has 0 aromatic heterocycles. The van der Waals surface area contributed by atoms with Crippen LogP contribution in [0.5, 0.6) is 5.75 Å². The number of hydrogen-bond donors (Lipinski definition) is 0. The molecule has 3 nitrogen and oxygen atoms in total. The van der Waals surface area contributed by atoms with Crippen molar-refractivity contribution in [3.63, 3.8) is 0 Å². The highest BCUT2D eigenvalue weighted by atomic mass is 35.5. The molecule has 102 valence electrons. The topological polar surface area (TPSA) is 43.4 Å². The highest BCUT2D eigenvalue weighted by Gasteiger charge is 2.27. The van der Waals surface area contributed by atoms with Gasteiger partial charge in [0.1, 0.15) is 5.75 Å². The highest BCUT2D eigenvalue weighted by molar-refractivity contribution is 7.91. The monoisotopic (exact) mass is 290 g/mol. The number of rotatable bonds is 5. The summed E-state index contributed by atoms with van der Waals surface area (Å²) in [4.78, 5) is 0. The van der Waals surface area contributed by atoms with Crippen molar-refractivity contribution >= 4 is 21.4 Å². The first kappa shape index (κ1) is 15.3. The molecule has 0 heterocycles. The maximum atomic E-state index is 11.6. The van der Waals surface area contributed by atoms with Crippen LogP contribution < -0.4 is 4.74 Å². The summed E-state index contributed by atoms with van der Waals surface area (Å²) in [6, 6.07) is 5.63. The van der Waals surface area contributed by atoms with E-state index in [1.807, 2.05) is 32.0 Å². The molecule has 0 saturated heterocycles. The lowest BCUT2D eigenvalue weighted by Crippen LogP contribution is -2.21. The van der Waals surface area contributed by atoms with E-state index in [4.69, 9.17) is 16.3 Å². The van der Waals surface area contributed by atoms with Crippen molar-refractivity contribution in [2.75, 3.05) is 12.9 Å². The molecule has 2 atom stereocenters. The molecule has 1 aromatic carbocycles. The molecule has 5 heteroatoms. The third kappa shape index (κ3) is 3.62. The molecule has 0 bridgehead atoms. The summed E-state index contributed by atoms with van der Waals surface area (Å²) in [5.41, 5.74) is 1.76. The number of hydrogen-bond acceptors (Lipinski definition) is 3. The molecule has 0 aliphatic rings. The summed E-state index contributed by atoms with van der Waals surface area (Å²) in [6.45, 7) is 5.96. The maximum Gasteiger partial charge on any atom is 0.151 e. The zero-order valence-electron chi connectivity index (χ0n) is 11.1. The second kappa shape index (κ2) is 5.93. The van der Waals surface area contributed by atoms with Gasteiger partial charge in [0.2, 0.25) is 0 Å². The molecule has 0 aliphatic heterocycles. The Labute approximate surface area is 114 Å². The summed E-state index contributed by atoms with van der Waals surface area (Å²) in [6.07, 6.45) is 1.20. The quantitative estimate of drug-likeness (QED) is 0.783. The smallest absolute Gasteiger partial charge is 0.151 e. The van der Waals surface area contributed by atoms with Crippen molar-refractivity contribution in [2.45, 2.75) is 31.4 Å². The van der Waals surface area contributed by atoms with Gasteiger partial charge in [-0.3, -0.25) is 0 Å². The molecule has 18 heavy (non-hydrogen) atoms. The normalized spacial score (nSPS) is 15.2. The molecule has 0 N–H and O–H groups in total. The number of aryl methyl sites for hydroxylation is 1. The van der Waals surface area contributed by atoms with E-state index < -0.39 is 20.5 Å². The van der Waals surface area contributed by atoms with E-state index >= 15 is 0 Å². The third-order valence-electron chi connectivity index (χ3n) is 2.85. The van der Waals surface area contributed by atoms with Gasteiger partial charge in [0.25, 0.3) is 0 Å². The van der Waals surface area contributed by atoms with Gasteiger partial charge in [0.05, 0.1) is 17.2 Å². The minimum atomic E-state index is -3.18. The molecular weight excluding hydrogens is 272 g/mol. The van der Waals surface area contributed by atoms with E-state index in [0.717, 1.165) is 11.1 Å². The fourth-order valence-electron chi connectivity index (χ4n) is 1.64. The minimum absolute atomic E-state index is 0.521. The van der Waals surface area contributed by atoms with E-state index in [0.29, 0.717) is 12.4 Å². The maximum absolute atomic E-state index is 11.6. The van der Waals surface area contributed by atoms with Gasteiger partial charge in [-0.2, -0.15) is 0 Å². The predicted molar refractivity (Wildman–Crippen MR) is 75.2 cm³/mol. The van der Waals surface area contributed by atoms with Gasteiger partial charge in [0.15, 0.2) is 9.84 Å². The summed E-state index contributed by atoms with van der Waals surface area (Å²) in [7, 11) is -3.18. The molecule has 1 aromatic rings. The van der Waals surface area contributed by atoms with Crippen molar-refractivity contribution in [3.05, 3.63) is 29.3 Å². The van der Waals surface area contributed by atoms with Gasteiger partial charge in [-0.25, -0.2) is 8.42 Å². The molecule has 1 rings (SSSR count). The molecule has 0 fully saturated rings. The predicted octanol–water partition coefficient (Wildman–Crippen LogP) is 3.11. The fraction of sp³-hybridized carbons (Fsp3) is 0.538. The number of benzene rings is 1. The van der Waals surface area contributed by atoms with Crippen LogP contribution in [0.25, 0.3) is 0 Å². The SMILES string of the molecule is CCOc1ccc(C)cc1C(Cl)C(C)S(C)(=O)=O. The fourth-order valence-corrected chi connectivity index (χ4v) is 2.95. The summed E-state index contributed by atoms with van der Waals surface area (Å²) in [5, 5.41) is -1.26. The van der Waals surface area contributed by atoms with Crippen LogP contribution in [0.2, 0.25) is 0 Å². The van der Waals surface area contributed by atoms with Gasteiger partial charge in [0, 0.05) is 11.8 Å². The first-order chi connectivity index (χ1) is 8.27. The summed E-state index contributed by atoms with van der Waals surface area (Å²) < 4.78 is 28.6. The Kier molecular flexibility index (Phi) is 5.05. The van der Waals surface area contributed by atoms with Gasteiger partial charge < -0.3 is 4.74 Å². The Morgan fingerprint density at radius 2 is 2.00 bits per heavy atom. The van der Waals surface area contributed by atoms with Gasteiger partial charge in [-0.05, 0) is 26.8 Å². The molecule has 0 radical (unpaired) electrons. The van der Waals surface area contributed by atoms with E-state index in [2.05, 4.69) is 0 Å². The van der Waals surface area contributed by atoms with E-state index in [-0.39, 0.29) is 0 Å². The highest BCUT2D eigenvalue weighted by Crippen LogP contribution is 2.35. The first-order valence-corrected chi connectivity index (χ1v) is 8.22. The summed E-state index contributed by atoms with van der Waals surface area (Å²) in [5.74, 6) is 0.651. The average molecular weight is 291 g/mol. The Morgan fingerprint density at radius 3 is 2.50 bits per heavy atom. The van der Waals surface area contributed by atoms with Crippen LogP contribution in [0, 0.1) is 6.92 Å². The van der Waals surface area contributed by atoms with Crippen molar-refractivity contribution in [1.29, 1.82) is 0 Å². The largest absolute Gasteiger partial charge is 0.494 e. The Hall–Kier alpha value is -0.740. The standard InChI is InChI=1S/C13H19ClO3S/c1-5-17-12-7-6-9(2)8-11(12)13(14)10(3)18(4,15)16/h6-8,10,13H,5H2,1-4H3. The van der Waals surface area contributed by atoms with Crippen LogP contribution in [-0.4, -0.2) is 26.5 Å². The van der Waals surface area contributed by atoms with Crippen molar-refractivity contribution in [1.82, 2.24) is 0 Å². The Morgan fingerprint density at radius 1 is 1.39 bits per heavy atom. The second-order valence-electron chi connectivity index (χ2n) is 4.41. The van der Waals surface area contributed by atoms with E-state index in [1.54, 1.807) is 6.92 Å². The van der Waals surface area contributed by atoms with Crippen LogP contribution in [-0.2, 0) is 9.84 Å². The lowest BCUT2D eigenvalue weighted by molar-refractivity contribution is 0.336. The molecule has 0 aliphatic carbocycles. The molecule has 0 amide bonds. The Balaban J connectivity index is 3.18. The number of ether oxygens (including phenoxy) is 1. The number of alkyl halides is 1. The zero-order valence-corrected chi connectivity index (χ0v) is 12.7. The first-order valence-electron chi connectivity index (χ1n) is 5.83. The van der Waals surface area contributed by atoms with E-state index in [1.165, 1.54) is 6.26 Å². The average Bonchev–Trinajstić information content (AvgIpc) is 2.28. The lowest BCUT2D eigenvalue weighted by Gasteiger charge is -2.20. The van der Waals surface area contributed by atoms with Crippen molar-refractivity contribution < 1.29 is 13.2 Å². The molecular formula is C13H19ClO3S. The molecule has 2 unspecified atom stereocenters. The number of halogens is 1. The van der Waals surface area contributed by atoms with Crippen LogP contribution in [0.15, 0.2) is 18.2 Å².